The third-order valence-corrected chi connectivity index (χ3v) is 11.3. The van der Waals surface area contributed by atoms with Gasteiger partial charge in [-0.3, -0.25) is 0 Å². The van der Waals surface area contributed by atoms with E-state index in [1.54, 1.807) is 48.7 Å². The van der Waals surface area contributed by atoms with Gasteiger partial charge in [0.05, 0.1) is 63.8 Å². The van der Waals surface area contributed by atoms with E-state index in [1.165, 1.54) is 0 Å². The summed E-state index contributed by atoms with van der Waals surface area (Å²) in [7, 11) is 9.74. The van der Waals surface area contributed by atoms with Crippen molar-refractivity contribution in [3.05, 3.63) is 141 Å². The van der Waals surface area contributed by atoms with E-state index < -0.39 is 0 Å². The van der Waals surface area contributed by atoms with Crippen LogP contribution in [-0.4, -0.2) is 42.7 Å². The molecule has 0 amide bonds. The minimum atomic E-state index is 0.383. The summed E-state index contributed by atoms with van der Waals surface area (Å²) in [6.45, 7) is 0. The van der Waals surface area contributed by atoms with Gasteiger partial charge < -0.3 is 28.4 Å². The molecule has 6 nitrogen and oxygen atoms in total. The quantitative estimate of drug-likeness (QED) is 0.122. The molecule has 7 aromatic carbocycles. The lowest BCUT2D eigenvalue weighted by atomic mass is 9.88. The van der Waals surface area contributed by atoms with Gasteiger partial charge >= 0.3 is 0 Å². The van der Waals surface area contributed by atoms with Crippen LogP contribution in [0.1, 0.15) is 0 Å². The van der Waals surface area contributed by atoms with Crippen molar-refractivity contribution in [2.24, 2.45) is 0 Å². The molecule has 0 spiro atoms. The van der Waals surface area contributed by atoms with E-state index in [-0.39, 0.29) is 0 Å². The molecule has 0 saturated heterocycles. The first-order valence-electron chi connectivity index (χ1n) is 18.0. The lowest BCUT2D eigenvalue weighted by Gasteiger charge is -2.22. The Balaban J connectivity index is 1.59. The average molecular weight is 853 g/mol. The molecule has 10 heteroatoms. The van der Waals surface area contributed by atoms with Gasteiger partial charge in [0, 0.05) is 54.6 Å². The lowest BCUT2D eigenvalue weighted by molar-refractivity contribution is 0.397. The van der Waals surface area contributed by atoms with Crippen molar-refractivity contribution in [3.63, 3.8) is 0 Å². The maximum atomic E-state index is 7.23. The normalized spacial score (nSPS) is 10.9. The van der Waals surface area contributed by atoms with Crippen LogP contribution in [0.15, 0.2) is 121 Å². The molecule has 0 aliphatic heterocycles. The molecule has 0 fully saturated rings. The van der Waals surface area contributed by atoms with Gasteiger partial charge in [-0.1, -0.05) is 94.9 Å². The van der Waals surface area contributed by atoms with Crippen LogP contribution in [0.5, 0.6) is 34.5 Å². The number of halogens is 4. The summed E-state index contributed by atoms with van der Waals surface area (Å²) in [6.07, 6.45) is 0. The Labute approximate surface area is 358 Å². The fourth-order valence-corrected chi connectivity index (χ4v) is 8.44. The number of benzene rings is 7. The molecule has 0 radical (unpaired) electrons. The van der Waals surface area contributed by atoms with Crippen molar-refractivity contribution in [2.45, 2.75) is 0 Å². The Morgan fingerprint density at radius 3 is 0.931 bits per heavy atom. The summed E-state index contributed by atoms with van der Waals surface area (Å²) in [5.74, 6) is 3.54. The first-order chi connectivity index (χ1) is 28.2. The summed E-state index contributed by atoms with van der Waals surface area (Å²) < 4.78 is 36.0. The summed E-state index contributed by atoms with van der Waals surface area (Å²) in [6, 6.07) is 38.2. The summed E-state index contributed by atoms with van der Waals surface area (Å²) in [4.78, 5) is 0. The van der Waals surface area contributed by atoms with E-state index in [0.717, 1.165) is 44.5 Å². The zero-order valence-corrected chi connectivity index (χ0v) is 35.5. The molecule has 58 heavy (non-hydrogen) atoms. The van der Waals surface area contributed by atoms with E-state index in [4.69, 9.17) is 74.8 Å². The molecular weight excluding hydrogens is 814 g/mol. The Hall–Kier alpha value is -5.50. The minimum absolute atomic E-state index is 0.383. The third-order valence-electron chi connectivity index (χ3n) is 9.98. The first-order valence-corrected chi connectivity index (χ1v) is 19.5. The van der Waals surface area contributed by atoms with Crippen LogP contribution in [0.4, 0.5) is 0 Å². The minimum Gasteiger partial charge on any atom is -0.496 e. The highest BCUT2D eigenvalue weighted by Gasteiger charge is 2.26. The molecule has 0 aliphatic rings. The Kier molecular flexibility index (Phi) is 12.3. The van der Waals surface area contributed by atoms with E-state index in [0.29, 0.717) is 76.8 Å². The molecule has 0 unspecified atom stereocenters. The van der Waals surface area contributed by atoms with Gasteiger partial charge in [-0.25, -0.2) is 0 Å². The SMILES string of the molecule is COc1cccc(OC)c1-c1cc(-c2ccccc2Cl)c(OC)c(-c2cc(-c3cc(-c4c(OC)cccc4OC)cc(-c4ccccc4Cl)c3OC)c(Cl)cc2Cl)c1. The predicted octanol–water partition coefficient (Wildman–Crippen LogP) is 14.4. The molecule has 7 rings (SSSR count). The highest BCUT2D eigenvalue weighted by molar-refractivity contribution is 6.38. The van der Waals surface area contributed by atoms with E-state index >= 15 is 0 Å². The number of hydrogen-bond donors (Lipinski definition) is 0. The van der Waals surface area contributed by atoms with Crippen molar-refractivity contribution in [2.75, 3.05) is 42.7 Å². The zero-order valence-electron chi connectivity index (χ0n) is 32.5. The number of ether oxygens (including phenoxy) is 6. The Morgan fingerprint density at radius 1 is 0.293 bits per heavy atom. The summed E-state index contributed by atoms with van der Waals surface area (Å²) in [5.41, 5.74) is 8.58. The number of hydrogen-bond acceptors (Lipinski definition) is 6. The van der Waals surface area contributed by atoms with Crippen LogP contribution < -0.4 is 28.4 Å². The van der Waals surface area contributed by atoms with Gasteiger partial charge in [0.2, 0.25) is 0 Å². The van der Waals surface area contributed by atoms with Crippen molar-refractivity contribution in [1.82, 2.24) is 0 Å². The molecule has 0 bridgehead atoms. The molecule has 0 aliphatic carbocycles. The number of rotatable bonds is 12. The van der Waals surface area contributed by atoms with Crippen LogP contribution in [0.25, 0.3) is 66.8 Å². The van der Waals surface area contributed by atoms with Crippen LogP contribution in [0.2, 0.25) is 20.1 Å². The van der Waals surface area contributed by atoms with Crippen LogP contribution in [0.3, 0.4) is 0 Å². The standard InChI is InChI=1S/C48H38Cl4O6/c1-53-41-17-11-18-42(54-2)45(41)27-21-33(29-13-7-9-15-37(29)49)47(57-5)35(23-27)31-25-32(40(52)26-39(31)51)36-24-28(46-43(55-3)19-12-20-44(46)56-4)22-34(48(36)58-6)30-14-8-10-16-38(30)50/h7-26H,1-6H3. The van der Waals surface area contributed by atoms with Gasteiger partial charge in [0.1, 0.15) is 34.5 Å². The van der Waals surface area contributed by atoms with Gasteiger partial charge in [-0.2, -0.15) is 0 Å². The van der Waals surface area contributed by atoms with Crippen molar-refractivity contribution in [1.29, 1.82) is 0 Å². The molecule has 0 atom stereocenters. The lowest BCUT2D eigenvalue weighted by Crippen LogP contribution is -1.99. The van der Waals surface area contributed by atoms with E-state index in [1.807, 2.05) is 115 Å². The number of methoxy groups -OCH3 is 6. The fourth-order valence-electron chi connectivity index (χ4n) is 7.38. The smallest absolute Gasteiger partial charge is 0.134 e. The Bertz CT molecular complexity index is 2440. The molecule has 0 aromatic heterocycles. The summed E-state index contributed by atoms with van der Waals surface area (Å²) >= 11 is 28.2. The highest BCUT2D eigenvalue weighted by Crippen LogP contribution is 2.53. The second-order valence-corrected chi connectivity index (χ2v) is 14.7. The monoisotopic (exact) mass is 850 g/mol. The van der Waals surface area contributed by atoms with E-state index in [9.17, 15) is 0 Å². The predicted molar refractivity (Wildman–Crippen MR) is 238 cm³/mol. The molecule has 0 saturated carbocycles. The maximum absolute atomic E-state index is 7.23. The Morgan fingerprint density at radius 2 is 0.621 bits per heavy atom. The van der Waals surface area contributed by atoms with Crippen LogP contribution in [-0.2, 0) is 0 Å². The van der Waals surface area contributed by atoms with Gasteiger partial charge in [0.15, 0.2) is 0 Å². The third kappa shape index (κ3) is 7.49. The first kappa shape index (κ1) is 40.7. The maximum Gasteiger partial charge on any atom is 0.134 e. The second kappa shape index (κ2) is 17.6. The molecular formula is C48H38Cl4O6. The average Bonchev–Trinajstić information content (AvgIpc) is 3.25. The van der Waals surface area contributed by atoms with Crippen LogP contribution in [0, 0.1) is 0 Å². The van der Waals surface area contributed by atoms with Crippen molar-refractivity contribution >= 4 is 46.4 Å². The van der Waals surface area contributed by atoms with Crippen molar-refractivity contribution in [3.8, 4) is 101 Å². The highest BCUT2D eigenvalue weighted by atomic mass is 35.5. The fraction of sp³-hybridized carbons (Fsp3) is 0.125. The second-order valence-electron chi connectivity index (χ2n) is 13.1. The largest absolute Gasteiger partial charge is 0.496 e. The molecule has 0 heterocycles. The topological polar surface area (TPSA) is 55.4 Å². The van der Waals surface area contributed by atoms with Crippen LogP contribution >= 0.6 is 46.4 Å². The van der Waals surface area contributed by atoms with Crippen molar-refractivity contribution < 1.29 is 28.4 Å². The molecule has 0 N–H and O–H groups in total. The van der Waals surface area contributed by atoms with Gasteiger partial charge in [-0.05, 0) is 83.9 Å². The van der Waals surface area contributed by atoms with Gasteiger partial charge in [-0.15, -0.1) is 0 Å². The van der Waals surface area contributed by atoms with E-state index in [2.05, 4.69) is 0 Å². The van der Waals surface area contributed by atoms with Gasteiger partial charge in [0.25, 0.3) is 0 Å². The molecule has 7 aromatic rings. The molecule has 294 valence electrons. The zero-order chi connectivity index (χ0) is 41.1. The summed E-state index contributed by atoms with van der Waals surface area (Å²) in [5, 5.41) is 1.85.